The van der Waals surface area contributed by atoms with E-state index in [1.807, 2.05) is 0 Å². The van der Waals surface area contributed by atoms with Gasteiger partial charge in [0.25, 0.3) is 15.9 Å². The maximum absolute atomic E-state index is 12.5. The molecule has 1 amide bonds. The predicted octanol–water partition coefficient (Wildman–Crippen LogP) is 5.16. The minimum Gasteiger partial charge on any atom is -0.484 e. The summed E-state index contributed by atoms with van der Waals surface area (Å²) in [4.78, 5) is 24.5. The Hall–Kier alpha value is -3.60. The van der Waals surface area contributed by atoms with E-state index < -0.39 is 21.9 Å². The molecule has 1 heterocycles. The Morgan fingerprint density at radius 3 is 2.31 bits per heavy atom. The summed E-state index contributed by atoms with van der Waals surface area (Å²) < 4.78 is 38.7. The SMILES string of the molecule is COC(=O)c1cc2cc(NC(=O)COc3ccc(S(=O)(=O)Nc4ccc(Cl)cc4)cc3)ccc2s1. The van der Waals surface area contributed by atoms with Crippen LogP contribution in [-0.2, 0) is 19.6 Å². The highest BCUT2D eigenvalue weighted by Gasteiger charge is 2.15. The molecule has 4 rings (SSSR count). The Kier molecular flexibility index (Phi) is 7.25. The molecule has 35 heavy (non-hydrogen) atoms. The second-order valence-corrected chi connectivity index (χ2v) is 10.5. The second kappa shape index (κ2) is 10.3. The fraction of sp³-hybridized carbons (Fsp3) is 0.0833. The number of methoxy groups -OCH3 is 1. The lowest BCUT2D eigenvalue weighted by Gasteiger charge is -2.10. The lowest BCUT2D eigenvalue weighted by Crippen LogP contribution is -2.20. The second-order valence-electron chi connectivity index (χ2n) is 7.28. The first-order valence-corrected chi connectivity index (χ1v) is 12.8. The van der Waals surface area contributed by atoms with Gasteiger partial charge in [0.15, 0.2) is 6.61 Å². The van der Waals surface area contributed by atoms with Crippen LogP contribution in [0.1, 0.15) is 9.67 Å². The normalized spacial score (nSPS) is 11.1. The van der Waals surface area contributed by atoms with E-state index in [1.54, 1.807) is 48.5 Å². The van der Waals surface area contributed by atoms with E-state index in [9.17, 15) is 18.0 Å². The Morgan fingerprint density at radius 1 is 0.943 bits per heavy atom. The van der Waals surface area contributed by atoms with Crippen LogP contribution < -0.4 is 14.8 Å². The number of nitrogens with one attached hydrogen (secondary N) is 2. The van der Waals surface area contributed by atoms with Crippen molar-refractivity contribution < 1.29 is 27.5 Å². The van der Waals surface area contributed by atoms with Gasteiger partial charge in [-0.2, -0.15) is 0 Å². The van der Waals surface area contributed by atoms with E-state index in [4.69, 9.17) is 21.1 Å². The molecule has 0 aliphatic rings. The van der Waals surface area contributed by atoms with Gasteiger partial charge >= 0.3 is 5.97 Å². The number of fused-ring (bicyclic) bond motifs is 1. The van der Waals surface area contributed by atoms with Crippen LogP contribution in [0.15, 0.2) is 77.7 Å². The number of hydrogen-bond donors (Lipinski definition) is 2. The number of anilines is 2. The number of hydrogen-bond acceptors (Lipinski definition) is 7. The third kappa shape index (κ3) is 6.10. The van der Waals surface area contributed by atoms with Crippen LogP contribution in [0.3, 0.4) is 0 Å². The standard InChI is InChI=1S/C24H19ClN2O6S2/c1-32-24(29)22-13-15-12-18(6-11-21(15)34-22)26-23(28)14-33-19-7-9-20(10-8-19)35(30,31)27-17-4-2-16(25)3-5-17/h2-13,27H,14H2,1H3,(H,26,28). The summed E-state index contributed by atoms with van der Waals surface area (Å²) >= 11 is 7.12. The summed E-state index contributed by atoms with van der Waals surface area (Å²) in [6, 6.07) is 19.0. The molecular formula is C24H19ClN2O6S2. The van der Waals surface area contributed by atoms with Crippen molar-refractivity contribution in [3.63, 3.8) is 0 Å². The molecule has 180 valence electrons. The summed E-state index contributed by atoms with van der Waals surface area (Å²) in [6.45, 7) is -0.274. The number of benzene rings is 3. The van der Waals surface area contributed by atoms with Gasteiger partial charge in [-0.25, -0.2) is 13.2 Å². The van der Waals surface area contributed by atoms with Crippen LogP contribution in [0.5, 0.6) is 5.75 Å². The van der Waals surface area contributed by atoms with E-state index in [-0.39, 0.29) is 11.5 Å². The summed E-state index contributed by atoms with van der Waals surface area (Å²) in [6.07, 6.45) is 0. The molecule has 0 aliphatic carbocycles. The maximum atomic E-state index is 12.5. The highest BCUT2D eigenvalue weighted by atomic mass is 35.5. The number of carbonyl (C=O) groups excluding carboxylic acids is 2. The number of thiophene rings is 1. The van der Waals surface area contributed by atoms with Crippen molar-refractivity contribution in [3.05, 3.63) is 82.7 Å². The summed E-state index contributed by atoms with van der Waals surface area (Å²) in [5, 5.41) is 4.04. The van der Waals surface area contributed by atoms with Gasteiger partial charge < -0.3 is 14.8 Å². The first-order valence-electron chi connectivity index (χ1n) is 10.2. The van der Waals surface area contributed by atoms with Gasteiger partial charge in [-0.05, 0) is 78.2 Å². The van der Waals surface area contributed by atoms with Gasteiger partial charge in [0.05, 0.1) is 12.0 Å². The Labute approximate surface area is 210 Å². The minimum absolute atomic E-state index is 0.0413. The quantitative estimate of drug-likeness (QED) is 0.304. The van der Waals surface area contributed by atoms with E-state index in [1.165, 1.54) is 42.7 Å². The highest BCUT2D eigenvalue weighted by Crippen LogP contribution is 2.28. The number of esters is 1. The van der Waals surface area contributed by atoms with E-state index in [0.29, 0.717) is 27.0 Å². The smallest absolute Gasteiger partial charge is 0.348 e. The molecule has 1 aromatic heterocycles. The Balaban J connectivity index is 1.34. The highest BCUT2D eigenvalue weighted by molar-refractivity contribution is 7.92. The summed E-state index contributed by atoms with van der Waals surface area (Å²) in [5.41, 5.74) is 0.934. The molecule has 2 N–H and O–H groups in total. The van der Waals surface area contributed by atoms with Crippen molar-refractivity contribution in [1.29, 1.82) is 0 Å². The molecule has 0 saturated heterocycles. The largest absolute Gasteiger partial charge is 0.484 e. The van der Waals surface area contributed by atoms with Gasteiger partial charge in [-0.15, -0.1) is 11.3 Å². The zero-order valence-electron chi connectivity index (χ0n) is 18.3. The van der Waals surface area contributed by atoms with Crippen LogP contribution in [0.4, 0.5) is 11.4 Å². The Bertz CT molecular complexity index is 1480. The molecule has 0 saturated carbocycles. The first-order chi connectivity index (χ1) is 16.7. The third-order valence-electron chi connectivity index (χ3n) is 4.79. The van der Waals surface area contributed by atoms with Gasteiger partial charge in [0.2, 0.25) is 0 Å². The predicted molar refractivity (Wildman–Crippen MR) is 136 cm³/mol. The van der Waals surface area contributed by atoms with Crippen LogP contribution in [0, 0.1) is 0 Å². The van der Waals surface area contributed by atoms with Gasteiger partial charge in [0, 0.05) is 21.1 Å². The molecule has 0 radical (unpaired) electrons. The van der Waals surface area contributed by atoms with Gasteiger partial charge in [-0.1, -0.05) is 11.6 Å². The fourth-order valence-electron chi connectivity index (χ4n) is 3.12. The number of amides is 1. The lowest BCUT2D eigenvalue weighted by atomic mass is 10.2. The first kappa shape index (κ1) is 24.5. The minimum atomic E-state index is -3.79. The zero-order chi connectivity index (χ0) is 25.0. The third-order valence-corrected chi connectivity index (χ3v) is 7.53. The van der Waals surface area contributed by atoms with Gasteiger partial charge in [-0.3, -0.25) is 9.52 Å². The number of carbonyl (C=O) groups is 2. The number of sulfonamides is 1. The average Bonchev–Trinajstić information content (AvgIpc) is 3.27. The number of halogens is 1. The molecule has 8 nitrogen and oxygen atoms in total. The van der Waals surface area contributed by atoms with Crippen molar-refractivity contribution in [2.45, 2.75) is 4.90 Å². The Morgan fingerprint density at radius 2 is 1.63 bits per heavy atom. The molecule has 4 aromatic rings. The van der Waals surface area contributed by atoms with E-state index >= 15 is 0 Å². The molecule has 0 unspecified atom stereocenters. The topological polar surface area (TPSA) is 111 Å². The van der Waals surface area contributed by atoms with Crippen molar-refractivity contribution in [2.75, 3.05) is 23.8 Å². The van der Waals surface area contributed by atoms with Crippen molar-refractivity contribution in [1.82, 2.24) is 0 Å². The zero-order valence-corrected chi connectivity index (χ0v) is 20.7. The van der Waals surface area contributed by atoms with E-state index in [0.717, 1.165) is 10.1 Å². The van der Waals surface area contributed by atoms with E-state index in [2.05, 4.69) is 10.0 Å². The molecule has 0 aliphatic heterocycles. The molecule has 0 fully saturated rings. The van der Waals surface area contributed by atoms with Crippen LogP contribution in [-0.4, -0.2) is 34.0 Å². The maximum Gasteiger partial charge on any atom is 0.348 e. The number of ether oxygens (including phenoxy) is 2. The monoisotopic (exact) mass is 530 g/mol. The van der Waals surface area contributed by atoms with Crippen LogP contribution in [0.2, 0.25) is 5.02 Å². The fourth-order valence-corrected chi connectivity index (χ4v) is 5.26. The molecule has 3 aromatic carbocycles. The van der Waals surface area contributed by atoms with Gasteiger partial charge in [0.1, 0.15) is 10.6 Å². The number of rotatable bonds is 8. The summed E-state index contributed by atoms with van der Waals surface area (Å²) in [5.74, 6) is -0.472. The summed E-state index contributed by atoms with van der Waals surface area (Å²) in [7, 11) is -2.47. The van der Waals surface area contributed by atoms with Crippen molar-refractivity contribution in [3.8, 4) is 5.75 Å². The van der Waals surface area contributed by atoms with Crippen LogP contribution >= 0.6 is 22.9 Å². The molecule has 11 heteroatoms. The average molecular weight is 531 g/mol. The molecular weight excluding hydrogens is 512 g/mol. The lowest BCUT2D eigenvalue weighted by molar-refractivity contribution is -0.118. The molecule has 0 atom stereocenters. The van der Waals surface area contributed by atoms with Crippen molar-refractivity contribution >= 4 is 66.3 Å². The molecule has 0 bridgehead atoms. The van der Waals surface area contributed by atoms with Crippen LogP contribution in [0.25, 0.3) is 10.1 Å². The van der Waals surface area contributed by atoms with Crippen molar-refractivity contribution in [2.24, 2.45) is 0 Å². The molecule has 0 spiro atoms.